The highest BCUT2D eigenvalue weighted by molar-refractivity contribution is 5.62. The summed E-state index contributed by atoms with van der Waals surface area (Å²) >= 11 is 0. The van der Waals surface area contributed by atoms with Gasteiger partial charge in [0.2, 0.25) is 5.88 Å². The van der Waals surface area contributed by atoms with Gasteiger partial charge in [-0.05, 0) is 29.8 Å². The molecule has 0 amide bonds. The molecule has 1 aromatic heterocycles. The van der Waals surface area contributed by atoms with E-state index in [1.807, 2.05) is 36.4 Å². The number of nitrogens with zero attached hydrogens (tertiary/aromatic N) is 3. The lowest BCUT2D eigenvalue weighted by atomic mass is 10.1. The van der Waals surface area contributed by atoms with Crippen molar-refractivity contribution in [3.05, 3.63) is 83.9 Å². The molecule has 0 spiro atoms. The summed E-state index contributed by atoms with van der Waals surface area (Å²) in [6, 6.07) is 21.8. The van der Waals surface area contributed by atoms with Crippen molar-refractivity contribution >= 4 is 6.08 Å². The Kier molecular flexibility index (Phi) is 6.97. The van der Waals surface area contributed by atoms with Gasteiger partial charge in [0.15, 0.2) is 0 Å². The number of benzene rings is 2. The van der Waals surface area contributed by atoms with Gasteiger partial charge in [-0.3, -0.25) is 9.80 Å². The molecule has 0 saturated carbocycles. The summed E-state index contributed by atoms with van der Waals surface area (Å²) < 4.78 is 5.24. The molecule has 3 aromatic rings. The predicted octanol–water partition coefficient (Wildman–Crippen LogP) is 4.29. The second-order valence-corrected chi connectivity index (χ2v) is 7.80. The van der Waals surface area contributed by atoms with Crippen molar-refractivity contribution in [3.63, 3.8) is 0 Å². The van der Waals surface area contributed by atoms with Crippen LogP contribution in [0.2, 0.25) is 0 Å². The Labute approximate surface area is 184 Å². The Balaban J connectivity index is 1.33. The maximum Gasteiger partial charge on any atom is 0.213 e. The first-order chi connectivity index (χ1) is 15.2. The van der Waals surface area contributed by atoms with Crippen LogP contribution in [-0.2, 0) is 6.54 Å². The molecule has 0 radical (unpaired) electrons. The molecule has 1 aliphatic rings. The molecule has 0 unspecified atom stereocenters. The Morgan fingerprint density at radius 1 is 0.935 bits per heavy atom. The van der Waals surface area contributed by atoms with Crippen molar-refractivity contribution in [2.75, 3.05) is 39.8 Å². The van der Waals surface area contributed by atoms with E-state index >= 15 is 0 Å². The number of methoxy groups -OCH3 is 1. The molecule has 160 valence electrons. The maximum absolute atomic E-state index is 10.4. The van der Waals surface area contributed by atoms with Crippen LogP contribution in [0.25, 0.3) is 17.3 Å². The van der Waals surface area contributed by atoms with E-state index in [0.717, 1.165) is 56.1 Å². The Hall–Kier alpha value is -3.15. The van der Waals surface area contributed by atoms with E-state index < -0.39 is 0 Å². The molecule has 5 heteroatoms. The van der Waals surface area contributed by atoms with Crippen molar-refractivity contribution in [2.24, 2.45) is 0 Å². The fourth-order valence-corrected chi connectivity index (χ4v) is 3.83. The number of pyridine rings is 1. The summed E-state index contributed by atoms with van der Waals surface area (Å²) in [6.45, 7) is 5.72. The zero-order valence-corrected chi connectivity index (χ0v) is 17.9. The Bertz CT molecular complexity index is 1010. The van der Waals surface area contributed by atoms with Crippen LogP contribution in [0.3, 0.4) is 0 Å². The van der Waals surface area contributed by atoms with Gasteiger partial charge in [-0.1, -0.05) is 48.6 Å². The summed E-state index contributed by atoms with van der Waals surface area (Å²) in [5.74, 6) is 0.921. The third-order valence-electron chi connectivity index (χ3n) is 5.64. The van der Waals surface area contributed by atoms with Crippen LogP contribution in [0.1, 0.15) is 11.1 Å². The number of hydrogen-bond acceptors (Lipinski definition) is 5. The highest BCUT2D eigenvalue weighted by Gasteiger charge is 2.17. The summed E-state index contributed by atoms with van der Waals surface area (Å²) in [5.41, 5.74) is 3.99. The Morgan fingerprint density at radius 3 is 2.48 bits per heavy atom. The summed E-state index contributed by atoms with van der Waals surface area (Å²) in [4.78, 5) is 9.37. The molecule has 0 aliphatic carbocycles. The molecule has 0 bridgehead atoms. The highest BCUT2D eigenvalue weighted by Crippen LogP contribution is 2.27. The van der Waals surface area contributed by atoms with E-state index in [-0.39, 0.29) is 0 Å². The normalized spacial score (nSPS) is 15.4. The van der Waals surface area contributed by atoms with Gasteiger partial charge >= 0.3 is 0 Å². The van der Waals surface area contributed by atoms with Crippen molar-refractivity contribution in [2.45, 2.75) is 6.54 Å². The van der Waals surface area contributed by atoms with Gasteiger partial charge in [0.25, 0.3) is 0 Å². The van der Waals surface area contributed by atoms with Gasteiger partial charge < -0.3 is 9.84 Å². The third kappa shape index (κ3) is 5.72. The number of rotatable bonds is 7. The van der Waals surface area contributed by atoms with E-state index in [0.29, 0.717) is 11.6 Å². The zero-order valence-electron chi connectivity index (χ0n) is 17.9. The second-order valence-electron chi connectivity index (χ2n) is 7.80. The van der Waals surface area contributed by atoms with Gasteiger partial charge in [0, 0.05) is 56.5 Å². The number of aromatic hydroxyl groups is 1. The summed E-state index contributed by atoms with van der Waals surface area (Å²) in [5, 5.41) is 10.4. The molecule has 2 heterocycles. The van der Waals surface area contributed by atoms with Gasteiger partial charge in [-0.15, -0.1) is 0 Å². The quantitative estimate of drug-likeness (QED) is 0.624. The van der Waals surface area contributed by atoms with Gasteiger partial charge in [0.05, 0.1) is 12.8 Å². The molecular weight excluding hydrogens is 386 g/mol. The van der Waals surface area contributed by atoms with Crippen LogP contribution in [0.5, 0.6) is 11.6 Å². The van der Waals surface area contributed by atoms with Crippen molar-refractivity contribution < 1.29 is 9.84 Å². The number of ether oxygens (including phenoxy) is 1. The smallest absolute Gasteiger partial charge is 0.213 e. The van der Waals surface area contributed by atoms with Gasteiger partial charge in [-0.2, -0.15) is 0 Å². The average molecular weight is 416 g/mol. The molecule has 31 heavy (non-hydrogen) atoms. The van der Waals surface area contributed by atoms with Crippen LogP contribution in [0, 0.1) is 0 Å². The second kappa shape index (κ2) is 10.2. The molecule has 1 fully saturated rings. The van der Waals surface area contributed by atoms with Crippen molar-refractivity contribution in [3.8, 4) is 22.9 Å². The number of hydrogen-bond donors (Lipinski definition) is 1. The summed E-state index contributed by atoms with van der Waals surface area (Å²) in [6.07, 6.45) is 4.42. The summed E-state index contributed by atoms with van der Waals surface area (Å²) in [7, 11) is 1.62. The molecule has 5 nitrogen and oxygen atoms in total. The molecule has 4 rings (SSSR count). The van der Waals surface area contributed by atoms with E-state index in [9.17, 15) is 5.11 Å². The van der Waals surface area contributed by atoms with Crippen molar-refractivity contribution in [1.29, 1.82) is 0 Å². The van der Waals surface area contributed by atoms with E-state index in [2.05, 4.69) is 51.2 Å². The first-order valence-corrected chi connectivity index (χ1v) is 10.7. The minimum absolute atomic E-state index is 0.333. The van der Waals surface area contributed by atoms with E-state index in [4.69, 9.17) is 4.74 Å². The largest absolute Gasteiger partial charge is 0.508 e. The monoisotopic (exact) mass is 415 g/mol. The first kappa shape index (κ1) is 21.1. The topological polar surface area (TPSA) is 48.8 Å². The molecule has 2 aromatic carbocycles. The molecule has 1 aliphatic heterocycles. The SMILES string of the molecule is COc1cccc(-c2ccc(O)c(CN3CCN(C/C=C/c4ccccc4)CC3)c2)n1. The first-order valence-electron chi connectivity index (χ1n) is 10.7. The Morgan fingerprint density at radius 2 is 1.71 bits per heavy atom. The molecule has 1 saturated heterocycles. The van der Waals surface area contributed by atoms with Crippen molar-refractivity contribution in [1.82, 2.24) is 14.8 Å². The predicted molar refractivity (Wildman–Crippen MR) is 125 cm³/mol. The lowest BCUT2D eigenvalue weighted by molar-refractivity contribution is 0.136. The van der Waals surface area contributed by atoms with E-state index in [1.165, 1.54) is 5.56 Å². The fourth-order valence-electron chi connectivity index (χ4n) is 3.83. The minimum atomic E-state index is 0.333. The molecule has 0 atom stereocenters. The van der Waals surface area contributed by atoms with Crippen LogP contribution in [-0.4, -0.2) is 59.7 Å². The number of phenols is 1. The van der Waals surface area contributed by atoms with Crippen LogP contribution in [0.4, 0.5) is 0 Å². The van der Waals surface area contributed by atoms with Crippen LogP contribution < -0.4 is 4.74 Å². The lowest BCUT2D eigenvalue weighted by Crippen LogP contribution is -2.45. The van der Waals surface area contributed by atoms with Crippen LogP contribution in [0.15, 0.2) is 72.8 Å². The van der Waals surface area contributed by atoms with Crippen LogP contribution >= 0.6 is 0 Å². The average Bonchev–Trinajstić information content (AvgIpc) is 2.82. The van der Waals surface area contributed by atoms with E-state index in [1.54, 1.807) is 13.2 Å². The number of aromatic nitrogens is 1. The third-order valence-corrected chi connectivity index (χ3v) is 5.64. The number of piperazine rings is 1. The number of phenolic OH excluding ortho intramolecular Hbond substituents is 1. The molecular formula is C26H29N3O2. The highest BCUT2D eigenvalue weighted by atomic mass is 16.5. The standard InChI is InChI=1S/C26H29N3O2/c1-31-26-11-5-10-24(27-26)22-12-13-25(30)23(19-22)20-29-17-15-28(16-18-29)14-6-9-21-7-3-2-4-8-21/h2-13,19,30H,14-18,20H2,1H3/b9-6+. The molecule has 1 N–H and O–H groups in total. The van der Waals surface area contributed by atoms with Gasteiger partial charge in [-0.25, -0.2) is 4.98 Å². The zero-order chi connectivity index (χ0) is 21.5. The fraction of sp³-hybridized carbons (Fsp3) is 0.269. The lowest BCUT2D eigenvalue weighted by Gasteiger charge is -2.34. The van der Waals surface area contributed by atoms with Gasteiger partial charge in [0.1, 0.15) is 5.75 Å². The maximum atomic E-state index is 10.4. The minimum Gasteiger partial charge on any atom is -0.508 e.